The molecule has 0 saturated carbocycles. The van der Waals surface area contributed by atoms with E-state index in [4.69, 9.17) is 9.47 Å². The van der Waals surface area contributed by atoms with Crippen molar-refractivity contribution in [2.75, 3.05) is 32.8 Å². The third-order valence-electron chi connectivity index (χ3n) is 6.57. The average molecular weight is 421 g/mol. The number of likely N-dealkylation sites (tertiary alicyclic amines) is 2. The molecule has 0 spiro atoms. The number of carbonyl (C=O) groups is 2. The van der Waals surface area contributed by atoms with Gasteiger partial charge in [0.15, 0.2) is 5.78 Å². The van der Waals surface area contributed by atoms with Crippen molar-refractivity contribution in [3.63, 3.8) is 0 Å². The molecule has 3 saturated heterocycles. The quantitative estimate of drug-likeness (QED) is 0.760. The van der Waals surface area contributed by atoms with E-state index in [1.807, 2.05) is 41.0 Å². The van der Waals surface area contributed by atoms with E-state index in [0.717, 1.165) is 36.7 Å². The summed E-state index contributed by atoms with van der Waals surface area (Å²) < 4.78 is 11.6. The number of amides is 2. The number of ether oxygens (including phenoxy) is 2. The fourth-order valence-corrected chi connectivity index (χ4v) is 4.71. The number of benzene rings is 1. The first kappa shape index (κ1) is 20.0. The van der Waals surface area contributed by atoms with Gasteiger partial charge in [0.05, 0.1) is 11.8 Å². The Morgan fingerprint density at radius 1 is 1.13 bits per heavy atom. The van der Waals surface area contributed by atoms with Crippen LogP contribution in [0.4, 0.5) is 4.79 Å². The molecule has 1 aromatic carbocycles. The van der Waals surface area contributed by atoms with E-state index in [1.165, 1.54) is 5.56 Å². The van der Waals surface area contributed by atoms with Crippen molar-refractivity contribution in [2.45, 2.75) is 31.8 Å². The van der Waals surface area contributed by atoms with Crippen LogP contribution in [0.3, 0.4) is 0 Å². The third-order valence-corrected chi connectivity index (χ3v) is 6.57. The van der Waals surface area contributed by atoms with Crippen molar-refractivity contribution >= 4 is 11.8 Å². The molecular formula is C24H27N3O4. The number of pyridine rings is 1. The summed E-state index contributed by atoms with van der Waals surface area (Å²) >= 11 is 0. The predicted octanol–water partition coefficient (Wildman–Crippen LogP) is 3.38. The number of fused-ring (bicyclic) bond motifs is 1. The summed E-state index contributed by atoms with van der Waals surface area (Å²) in [5.41, 5.74) is 2.07. The summed E-state index contributed by atoms with van der Waals surface area (Å²) in [6.07, 6.45) is 3.23. The molecule has 3 fully saturated rings. The van der Waals surface area contributed by atoms with Gasteiger partial charge in [0.25, 0.3) is 0 Å². The maximum Gasteiger partial charge on any atom is 0.320 e. The molecule has 0 bridgehead atoms. The van der Waals surface area contributed by atoms with Gasteiger partial charge in [-0.05, 0) is 43.2 Å². The van der Waals surface area contributed by atoms with E-state index >= 15 is 0 Å². The Bertz CT molecular complexity index is 971. The molecule has 31 heavy (non-hydrogen) atoms. The first-order chi connectivity index (χ1) is 15.1. The number of aryl methyl sites for hydroxylation is 1. The van der Waals surface area contributed by atoms with Gasteiger partial charge in [-0.15, -0.1) is 0 Å². The van der Waals surface area contributed by atoms with Crippen molar-refractivity contribution < 1.29 is 19.1 Å². The molecule has 0 N–H and O–H groups in total. The minimum atomic E-state index is 0.0831. The van der Waals surface area contributed by atoms with Crippen molar-refractivity contribution in [3.05, 3.63) is 53.9 Å². The monoisotopic (exact) mass is 421 g/mol. The van der Waals surface area contributed by atoms with Crippen molar-refractivity contribution in [1.29, 1.82) is 0 Å². The lowest BCUT2D eigenvalue weighted by atomic mass is 9.87. The number of hydrogen-bond donors (Lipinski definition) is 0. The molecular weight excluding hydrogens is 394 g/mol. The third kappa shape index (κ3) is 4.14. The molecule has 162 valence electrons. The van der Waals surface area contributed by atoms with E-state index in [9.17, 15) is 9.59 Å². The number of aromatic nitrogens is 1. The van der Waals surface area contributed by atoms with Crippen LogP contribution in [0.5, 0.6) is 11.5 Å². The molecule has 0 unspecified atom stereocenters. The first-order valence-corrected chi connectivity index (χ1v) is 10.9. The Morgan fingerprint density at radius 2 is 1.94 bits per heavy atom. The summed E-state index contributed by atoms with van der Waals surface area (Å²) in [5.74, 6) is 2.16. The number of piperidine rings is 1. The van der Waals surface area contributed by atoms with Crippen LogP contribution < -0.4 is 4.74 Å². The zero-order valence-electron chi connectivity index (χ0n) is 17.7. The normalized spacial score (nSPS) is 23.8. The SMILES string of the molecule is Cc1ncccc1Oc1ccc(C2CN(C(=O)N3CC[C@@H]4OCC(=O)C[C@@H]4C3)C2)cc1. The largest absolute Gasteiger partial charge is 0.455 e. The summed E-state index contributed by atoms with van der Waals surface area (Å²) in [6.45, 7) is 4.92. The summed E-state index contributed by atoms with van der Waals surface area (Å²) in [4.78, 5) is 32.6. The van der Waals surface area contributed by atoms with Gasteiger partial charge in [-0.2, -0.15) is 0 Å². The maximum atomic E-state index is 12.9. The van der Waals surface area contributed by atoms with Crippen LogP contribution in [0.25, 0.3) is 0 Å². The first-order valence-electron chi connectivity index (χ1n) is 10.9. The summed E-state index contributed by atoms with van der Waals surface area (Å²) in [7, 11) is 0. The zero-order chi connectivity index (χ0) is 21.4. The Hall–Kier alpha value is -2.93. The second-order valence-corrected chi connectivity index (χ2v) is 8.73. The molecule has 2 aromatic rings. The van der Waals surface area contributed by atoms with Crippen LogP contribution in [-0.2, 0) is 9.53 Å². The maximum absolute atomic E-state index is 12.9. The molecule has 0 aliphatic carbocycles. The van der Waals surface area contributed by atoms with Crippen molar-refractivity contribution in [3.8, 4) is 11.5 Å². The topological polar surface area (TPSA) is 72.0 Å². The molecule has 1 aromatic heterocycles. The Labute approximate surface area is 182 Å². The van der Waals surface area contributed by atoms with Gasteiger partial charge in [0.1, 0.15) is 18.1 Å². The van der Waals surface area contributed by atoms with Crippen LogP contribution in [0.2, 0.25) is 0 Å². The molecule has 2 amide bonds. The van der Waals surface area contributed by atoms with Gasteiger partial charge in [0, 0.05) is 50.6 Å². The number of hydrogen-bond acceptors (Lipinski definition) is 5. The van der Waals surface area contributed by atoms with Gasteiger partial charge in [-0.1, -0.05) is 12.1 Å². The second kappa shape index (κ2) is 8.30. The van der Waals surface area contributed by atoms with Crippen LogP contribution in [0.1, 0.15) is 30.0 Å². The molecule has 7 nitrogen and oxygen atoms in total. The van der Waals surface area contributed by atoms with Gasteiger partial charge in [-0.25, -0.2) is 4.79 Å². The fraction of sp³-hybridized carbons (Fsp3) is 0.458. The molecule has 4 heterocycles. The predicted molar refractivity (Wildman–Crippen MR) is 114 cm³/mol. The van der Waals surface area contributed by atoms with E-state index in [1.54, 1.807) is 6.20 Å². The van der Waals surface area contributed by atoms with Crippen LogP contribution in [-0.4, -0.2) is 65.5 Å². The highest BCUT2D eigenvalue weighted by atomic mass is 16.5. The Balaban J connectivity index is 1.14. The fourth-order valence-electron chi connectivity index (χ4n) is 4.71. The number of ketones is 1. The van der Waals surface area contributed by atoms with Gasteiger partial charge < -0.3 is 19.3 Å². The minimum Gasteiger partial charge on any atom is -0.455 e. The summed E-state index contributed by atoms with van der Waals surface area (Å²) in [6, 6.07) is 11.9. The van der Waals surface area contributed by atoms with Gasteiger partial charge in [-0.3, -0.25) is 9.78 Å². The molecule has 0 radical (unpaired) electrons. The minimum absolute atomic E-state index is 0.0831. The van der Waals surface area contributed by atoms with Crippen LogP contribution in [0.15, 0.2) is 42.6 Å². The highest BCUT2D eigenvalue weighted by Gasteiger charge is 2.40. The standard InChI is InChI=1S/C24H27N3O4/c1-16-22(3-2-9-25-16)31-21-6-4-17(5-7-21)19-13-27(14-19)24(29)26-10-8-23-18(12-26)11-20(28)15-30-23/h2-7,9,18-19,23H,8,10-15H2,1H3/t18-,23+/m1/s1. The van der Waals surface area contributed by atoms with Gasteiger partial charge >= 0.3 is 6.03 Å². The molecule has 2 atom stereocenters. The molecule has 7 heteroatoms. The number of nitrogens with zero attached hydrogens (tertiary/aromatic N) is 3. The molecule has 3 aliphatic rings. The average Bonchev–Trinajstić information content (AvgIpc) is 2.75. The Morgan fingerprint density at radius 3 is 2.71 bits per heavy atom. The molecule has 5 rings (SSSR count). The lowest BCUT2D eigenvalue weighted by Crippen LogP contribution is -2.58. The van der Waals surface area contributed by atoms with E-state index in [2.05, 4.69) is 17.1 Å². The Kier molecular flexibility index (Phi) is 5.36. The van der Waals surface area contributed by atoms with Crippen molar-refractivity contribution in [1.82, 2.24) is 14.8 Å². The number of Topliss-reactive ketones (excluding diaryl/α,β-unsaturated/α-hetero) is 1. The van der Waals surface area contributed by atoms with Crippen LogP contribution in [0, 0.1) is 12.8 Å². The molecule has 3 aliphatic heterocycles. The zero-order valence-corrected chi connectivity index (χ0v) is 17.7. The number of carbonyl (C=O) groups excluding carboxylic acids is 2. The van der Waals surface area contributed by atoms with Crippen LogP contribution >= 0.6 is 0 Å². The van der Waals surface area contributed by atoms with E-state index < -0.39 is 0 Å². The second-order valence-electron chi connectivity index (χ2n) is 8.73. The smallest absolute Gasteiger partial charge is 0.320 e. The lowest BCUT2D eigenvalue weighted by Gasteiger charge is -2.46. The highest BCUT2D eigenvalue weighted by molar-refractivity contribution is 5.81. The van der Waals surface area contributed by atoms with Gasteiger partial charge in [0.2, 0.25) is 0 Å². The number of urea groups is 1. The summed E-state index contributed by atoms with van der Waals surface area (Å²) in [5, 5.41) is 0. The van der Waals surface area contributed by atoms with E-state index in [-0.39, 0.29) is 30.4 Å². The highest BCUT2D eigenvalue weighted by Crippen LogP contribution is 2.33. The van der Waals surface area contributed by atoms with Crippen molar-refractivity contribution in [2.24, 2.45) is 5.92 Å². The van der Waals surface area contributed by atoms with E-state index in [0.29, 0.717) is 25.4 Å². The lowest BCUT2D eigenvalue weighted by molar-refractivity contribution is -0.140. The number of rotatable bonds is 3.